The number of amides is 1. The summed E-state index contributed by atoms with van der Waals surface area (Å²) in [5.41, 5.74) is 15.0. The number of benzene rings is 1. The Kier molecular flexibility index (Phi) is 3.61. The zero-order valence-electron chi connectivity index (χ0n) is 14.1. The first kappa shape index (κ1) is 16.3. The molecule has 0 radical (unpaired) electrons. The highest BCUT2D eigenvalue weighted by atomic mass is 16.3. The molecule has 7 heteroatoms. The Morgan fingerprint density at radius 3 is 2.60 bits per heavy atom. The minimum Gasteiger partial charge on any atom is -0.508 e. The first-order valence-corrected chi connectivity index (χ1v) is 7.58. The van der Waals surface area contributed by atoms with Crippen LogP contribution in [-0.2, 0) is 0 Å². The van der Waals surface area contributed by atoms with Crippen LogP contribution >= 0.6 is 0 Å². The van der Waals surface area contributed by atoms with Crippen molar-refractivity contribution in [3.63, 3.8) is 0 Å². The van der Waals surface area contributed by atoms with Gasteiger partial charge in [-0.25, -0.2) is 4.98 Å². The number of aryl methyl sites for hydroxylation is 2. The molecule has 25 heavy (non-hydrogen) atoms. The Bertz CT molecular complexity index is 1090. The highest BCUT2D eigenvalue weighted by molar-refractivity contribution is 6.12. The van der Waals surface area contributed by atoms with Gasteiger partial charge in [-0.3, -0.25) is 9.36 Å². The fourth-order valence-corrected chi connectivity index (χ4v) is 3.19. The zero-order valence-corrected chi connectivity index (χ0v) is 14.1. The van der Waals surface area contributed by atoms with E-state index in [0.717, 1.165) is 5.56 Å². The van der Waals surface area contributed by atoms with Crippen molar-refractivity contribution in [3.8, 4) is 17.5 Å². The van der Waals surface area contributed by atoms with Crippen molar-refractivity contribution in [2.75, 3.05) is 5.73 Å². The second-order valence-corrected chi connectivity index (χ2v) is 5.96. The lowest BCUT2D eigenvalue weighted by Crippen LogP contribution is -2.14. The number of phenols is 1. The number of pyridine rings is 1. The van der Waals surface area contributed by atoms with E-state index >= 15 is 0 Å². The third-order valence-corrected chi connectivity index (χ3v) is 4.29. The van der Waals surface area contributed by atoms with Crippen molar-refractivity contribution < 1.29 is 9.90 Å². The van der Waals surface area contributed by atoms with E-state index < -0.39 is 5.91 Å². The number of carbonyl (C=O) groups is 1. The molecule has 3 aromatic rings. The van der Waals surface area contributed by atoms with E-state index in [1.165, 1.54) is 0 Å². The Labute approximate surface area is 144 Å². The van der Waals surface area contributed by atoms with Crippen molar-refractivity contribution in [1.82, 2.24) is 9.55 Å². The molecule has 0 saturated heterocycles. The highest BCUT2D eigenvalue weighted by Crippen LogP contribution is 2.37. The van der Waals surface area contributed by atoms with Gasteiger partial charge < -0.3 is 16.6 Å². The molecule has 0 atom stereocenters. The first-order valence-electron chi connectivity index (χ1n) is 7.58. The van der Waals surface area contributed by atoms with E-state index in [4.69, 9.17) is 11.5 Å². The van der Waals surface area contributed by atoms with Gasteiger partial charge in [0.1, 0.15) is 17.6 Å². The minimum atomic E-state index is -0.689. The summed E-state index contributed by atoms with van der Waals surface area (Å²) < 4.78 is 1.57. The molecule has 7 nitrogen and oxygen atoms in total. The Balaban J connectivity index is 2.62. The third-order valence-electron chi connectivity index (χ3n) is 4.29. The molecule has 0 spiro atoms. The zero-order chi connectivity index (χ0) is 18.5. The standard InChI is InChI=1S/C18H17N5O2/c1-8-4-5-13(24)10(3)15(8)23-16-11(14(17(23)20)18(21)25)6-9(2)22-12(16)7-19/h4-6,24H,20H2,1-3H3,(H2,21,25). The number of hydrogen-bond donors (Lipinski definition) is 3. The number of nitrogens with zero attached hydrogens (tertiary/aromatic N) is 3. The van der Waals surface area contributed by atoms with Crippen molar-refractivity contribution in [1.29, 1.82) is 5.26 Å². The van der Waals surface area contributed by atoms with Crippen LogP contribution in [0.5, 0.6) is 5.75 Å². The molecule has 0 aliphatic heterocycles. The van der Waals surface area contributed by atoms with Gasteiger partial charge in [0.25, 0.3) is 5.91 Å². The SMILES string of the molecule is Cc1cc2c(C(N)=O)c(N)n(-c3c(C)ccc(O)c3C)c2c(C#N)n1. The molecule has 0 fully saturated rings. The number of fused-ring (bicyclic) bond motifs is 1. The largest absolute Gasteiger partial charge is 0.508 e. The molecule has 3 rings (SSSR count). The van der Waals surface area contributed by atoms with Crippen LogP contribution in [-0.4, -0.2) is 20.6 Å². The molecule has 1 amide bonds. The number of hydrogen-bond acceptors (Lipinski definition) is 5. The second-order valence-electron chi connectivity index (χ2n) is 5.96. The molecule has 1 aromatic carbocycles. The van der Waals surface area contributed by atoms with Crippen LogP contribution in [0.15, 0.2) is 18.2 Å². The summed E-state index contributed by atoms with van der Waals surface area (Å²) in [5.74, 6) is -0.490. The van der Waals surface area contributed by atoms with Crippen molar-refractivity contribution >= 4 is 22.6 Å². The molecule has 0 unspecified atom stereocenters. The van der Waals surface area contributed by atoms with E-state index in [9.17, 15) is 15.2 Å². The number of aromatic hydroxyl groups is 1. The van der Waals surface area contributed by atoms with Crippen LogP contribution in [0, 0.1) is 32.1 Å². The minimum absolute atomic E-state index is 0.0843. The number of anilines is 1. The van der Waals surface area contributed by atoms with E-state index in [2.05, 4.69) is 11.1 Å². The lowest BCUT2D eigenvalue weighted by molar-refractivity contribution is 0.100. The van der Waals surface area contributed by atoms with Gasteiger partial charge in [0.2, 0.25) is 0 Å². The number of carbonyl (C=O) groups excluding carboxylic acids is 1. The first-order chi connectivity index (χ1) is 11.8. The second kappa shape index (κ2) is 5.53. The van der Waals surface area contributed by atoms with Crippen molar-refractivity contribution in [2.24, 2.45) is 5.73 Å². The normalized spacial score (nSPS) is 10.8. The van der Waals surface area contributed by atoms with Gasteiger partial charge in [0.15, 0.2) is 5.69 Å². The van der Waals surface area contributed by atoms with Crippen LogP contribution in [0.2, 0.25) is 0 Å². The number of nitrogen functional groups attached to an aromatic ring is 1. The van der Waals surface area contributed by atoms with Crippen LogP contribution in [0.25, 0.3) is 16.6 Å². The molecule has 5 N–H and O–H groups in total. The smallest absolute Gasteiger partial charge is 0.253 e. The highest BCUT2D eigenvalue weighted by Gasteiger charge is 2.25. The monoisotopic (exact) mass is 335 g/mol. The van der Waals surface area contributed by atoms with Gasteiger partial charge in [0, 0.05) is 16.6 Å². The van der Waals surface area contributed by atoms with Gasteiger partial charge in [-0.2, -0.15) is 5.26 Å². The van der Waals surface area contributed by atoms with E-state index in [0.29, 0.717) is 27.8 Å². The van der Waals surface area contributed by atoms with Gasteiger partial charge in [0.05, 0.1) is 16.8 Å². The van der Waals surface area contributed by atoms with E-state index in [1.54, 1.807) is 36.6 Å². The fourth-order valence-electron chi connectivity index (χ4n) is 3.19. The number of rotatable bonds is 2. The average molecular weight is 335 g/mol. The summed E-state index contributed by atoms with van der Waals surface area (Å²) in [4.78, 5) is 16.3. The van der Waals surface area contributed by atoms with E-state index in [1.807, 2.05) is 6.92 Å². The van der Waals surface area contributed by atoms with Gasteiger partial charge in [-0.1, -0.05) is 6.07 Å². The third kappa shape index (κ3) is 2.27. The van der Waals surface area contributed by atoms with Gasteiger partial charge in [-0.05, 0) is 38.5 Å². The molecule has 0 bridgehead atoms. The number of aromatic nitrogens is 2. The topological polar surface area (TPSA) is 131 Å². The number of phenolic OH excluding ortho intramolecular Hbond substituents is 1. The lowest BCUT2D eigenvalue weighted by atomic mass is 10.1. The summed E-state index contributed by atoms with van der Waals surface area (Å²) in [6.07, 6.45) is 0. The Hall–Kier alpha value is -3.53. The summed E-state index contributed by atoms with van der Waals surface area (Å²) in [7, 11) is 0. The molecule has 0 saturated carbocycles. The molecule has 2 aromatic heterocycles. The molecular weight excluding hydrogens is 318 g/mol. The summed E-state index contributed by atoms with van der Waals surface area (Å²) >= 11 is 0. The van der Waals surface area contributed by atoms with Crippen LogP contribution in [0.1, 0.15) is 32.9 Å². The molecule has 0 aliphatic rings. The van der Waals surface area contributed by atoms with Crippen LogP contribution < -0.4 is 11.5 Å². The maximum absolute atomic E-state index is 12.0. The Morgan fingerprint density at radius 2 is 2.00 bits per heavy atom. The van der Waals surface area contributed by atoms with Crippen LogP contribution in [0.4, 0.5) is 5.82 Å². The van der Waals surface area contributed by atoms with Crippen molar-refractivity contribution in [2.45, 2.75) is 20.8 Å². The Morgan fingerprint density at radius 1 is 1.32 bits per heavy atom. The van der Waals surface area contributed by atoms with Gasteiger partial charge >= 0.3 is 0 Å². The van der Waals surface area contributed by atoms with E-state index in [-0.39, 0.29) is 22.8 Å². The maximum atomic E-state index is 12.0. The van der Waals surface area contributed by atoms with Crippen molar-refractivity contribution in [3.05, 3.63) is 46.3 Å². The summed E-state index contributed by atoms with van der Waals surface area (Å²) in [6.45, 7) is 5.31. The quantitative estimate of drug-likeness (QED) is 0.660. The predicted octanol–water partition coefficient (Wildman–Crippen LogP) is 2.21. The molecule has 126 valence electrons. The molecule has 0 aliphatic carbocycles. The summed E-state index contributed by atoms with van der Waals surface area (Å²) in [5, 5.41) is 20.1. The predicted molar refractivity (Wildman–Crippen MR) is 94.6 cm³/mol. The number of primary amides is 1. The van der Waals surface area contributed by atoms with Crippen LogP contribution in [0.3, 0.4) is 0 Å². The fraction of sp³-hybridized carbons (Fsp3) is 0.167. The number of nitriles is 1. The maximum Gasteiger partial charge on any atom is 0.253 e. The van der Waals surface area contributed by atoms with Gasteiger partial charge in [-0.15, -0.1) is 0 Å². The lowest BCUT2D eigenvalue weighted by Gasteiger charge is -2.16. The average Bonchev–Trinajstić information content (AvgIpc) is 2.83. The molecular formula is C18H17N5O2. The number of nitrogens with two attached hydrogens (primary N) is 2. The summed E-state index contributed by atoms with van der Waals surface area (Å²) in [6, 6.07) is 7.05. The molecule has 2 heterocycles.